The van der Waals surface area contributed by atoms with Gasteiger partial charge in [-0.15, -0.1) is 0 Å². The Morgan fingerprint density at radius 3 is 2.52 bits per heavy atom. The van der Waals surface area contributed by atoms with Crippen molar-refractivity contribution in [3.8, 4) is 5.69 Å². The highest BCUT2D eigenvalue weighted by Crippen LogP contribution is 2.14. The molecule has 1 aromatic heterocycles. The number of hydrogen-bond acceptors (Lipinski definition) is 4. The Bertz CT molecular complexity index is 1110. The summed E-state index contributed by atoms with van der Waals surface area (Å²) in [4.78, 5) is 17.4. The van der Waals surface area contributed by atoms with Gasteiger partial charge >= 0.3 is 0 Å². The van der Waals surface area contributed by atoms with Gasteiger partial charge in [0.2, 0.25) is 10.0 Å². The molecule has 1 heterocycles. The lowest BCUT2D eigenvalue weighted by atomic mass is 10.2. The molecule has 0 saturated heterocycles. The first-order valence-corrected chi connectivity index (χ1v) is 10.3. The molecule has 8 heteroatoms. The van der Waals surface area contributed by atoms with Gasteiger partial charge < -0.3 is 0 Å². The number of fused-ring (bicyclic) bond motifs is 1. The lowest BCUT2D eigenvalue weighted by molar-refractivity contribution is 0.574. The Balaban J connectivity index is 2.08. The number of nitrogens with one attached hydrogen (secondary N) is 1. The van der Waals surface area contributed by atoms with Crippen molar-refractivity contribution >= 4 is 20.9 Å². The highest BCUT2D eigenvalue weighted by atomic mass is 32.2. The van der Waals surface area contributed by atoms with Crippen LogP contribution in [-0.2, 0) is 16.6 Å². The molecule has 3 aromatic rings. The molecule has 1 N–H and O–H groups in total. The molecule has 0 aliphatic heterocycles. The Morgan fingerprint density at radius 2 is 1.81 bits per heavy atom. The van der Waals surface area contributed by atoms with Gasteiger partial charge in [-0.3, -0.25) is 9.36 Å². The summed E-state index contributed by atoms with van der Waals surface area (Å²) in [5.74, 6) is -0.176. The third-order valence-electron chi connectivity index (χ3n) is 4.15. The summed E-state index contributed by atoms with van der Waals surface area (Å²) >= 11 is 0. The maximum Gasteiger partial charge on any atom is 0.266 e. The fourth-order valence-corrected chi connectivity index (χ4v) is 3.90. The van der Waals surface area contributed by atoms with Crippen molar-refractivity contribution in [2.45, 2.75) is 26.3 Å². The smallest absolute Gasteiger partial charge is 0.266 e. The molecule has 0 fully saturated rings. The van der Waals surface area contributed by atoms with Crippen LogP contribution in [0.15, 0.2) is 53.3 Å². The van der Waals surface area contributed by atoms with E-state index in [4.69, 9.17) is 0 Å². The van der Waals surface area contributed by atoms with Crippen molar-refractivity contribution in [2.24, 2.45) is 0 Å². The largest absolute Gasteiger partial charge is 0.268 e. The molecule has 6 nitrogen and oxygen atoms in total. The minimum Gasteiger partial charge on any atom is -0.268 e. The number of para-hydroxylation sites is 1. The van der Waals surface area contributed by atoms with E-state index in [2.05, 4.69) is 9.71 Å². The summed E-state index contributed by atoms with van der Waals surface area (Å²) < 4.78 is 41.3. The van der Waals surface area contributed by atoms with E-state index in [1.54, 1.807) is 24.3 Å². The molecule has 0 amide bonds. The number of benzene rings is 2. The molecule has 0 spiro atoms. The summed E-state index contributed by atoms with van der Waals surface area (Å²) in [5, 5.41) is 0.402. The van der Waals surface area contributed by atoms with Crippen LogP contribution in [0.4, 0.5) is 4.39 Å². The van der Waals surface area contributed by atoms with Gasteiger partial charge in [-0.05, 0) is 42.8 Å². The molecule has 0 bridgehead atoms. The van der Waals surface area contributed by atoms with Crippen molar-refractivity contribution < 1.29 is 12.8 Å². The van der Waals surface area contributed by atoms with E-state index >= 15 is 0 Å². The third kappa shape index (κ3) is 4.40. The zero-order valence-electron chi connectivity index (χ0n) is 14.9. The molecule has 142 valence electrons. The van der Waals surface area contributed by atoms with Crippen LogP contribution in [0, 0.1) is 5.82 Å². The van der Waals surface area contributed by atoms with Crippen molar-refractivity contribution in [2.75, 3.05) is 5.75 Å². The van der Waals surface area contributed by atoms with E-state index in [-0.39, 0.29) is 23.7 Å². The predicted molar refractivity (Wildman–Crippen MR) is 103 cm³/mol. The Morgan fingerprint density at radius 1 is 1.11 bits per heavy atom. The second-order valence-electron chi connectivity index (χ2n) is 6.16. The predicted octanol–water partition coefficient (Wildman–Crippen LogP) is 2.74. The number of unbranched alkanes of at least 4 members (excludes halogenated alkanes) is 1. The number of sulfonamides is 1. The van der Waals surface area contributed by atoms with Gasteiger partial charge in [0.15, 0.2) is 0 Å². The molecule has 0 radical (unpaired) electrons. The average Bonchev–Trinajstić information content (AvgIpc) is 2.66. The second-order valence-corrected chi connectivity index (χ2v) is 8.08. The first kappa shape index (κ1) is 19.2. The maximum atomic E-state index is 13.3. The van der Waals surface area contributed by atoms with Gasteiger partial charge in [-0.1, -0.05) is 25.5 Å². The molecule has 3 rings (SSSR count). The minimum absolute atomic E-state index is 0.0118. The molecular formula is C19H20FN3O3S. The van der Waals surface area contributed by atoms with Crippen LogP contribution >= 0.6 is 0 Å². The van der Waals surface area contributed by atoms with E-state index < -0.39 is 15.8 Å². The first-order valence-electron chi connectivity index (χ1n) is 8.65. The lowest BCUT2D eigenvalue weighted by Crippen LogP contribution is -2.31. The number of hydrogen-bond donors (Lipinski definition) is 1. The molecule has 0 saturated carbocycles. The van der Waals surface area contributed by atoms with Crippen LogP contribution in [-0.4, -0.2) is 23.7 Å². The van der Waals surface area contributed by atoms with E-state index in [0.29, 0.717) is 23.0 Å². The standard InChI is InChI=1S/C19H20FN3O3S/c1-2-3-12-27(25,26)21-13-18-22-17-7-5-4-6-16(17)19(24)23(18)15-10-8-14(20)9-11-15/h4-11,21H,2-3,12-13H2,1H3. The summed E-state index contributed by atoms with van der Waals surface area (Å²) in [6.45, 7) is 1.77. The quantitative estimate of drug-likeness (QED) is 0.674. The van der Waals surface area contributed by atoms with Gasteiger partial charge in [0, 0.05) is 0 Å². The zero-order chi connectivity index (χ0) is 19.4. The van der Waals surface area contributed by atoms with Gasteiger partial charge in [-0.25, -0.2) is 22.5 Å². The Labute approximate surface area is 156 Å². The molecule has 0 aliphatic rings. The van der Waals surface area contributed by atoms with Crippen LogP contribution in [0.5, 0.6) is 0 Å². The SMILES string of the molecule is CCCCS(=O)(=O)NCc1nc2ccccc2c(=O)n1-c1ccc(F)cc1. The second kappa shape index (κ2) is 7.98. The van der Waals surface area contributed by atoms with Crippen LogP contribution in [0.3, 0.4) is 0 Å². The van der Waals surface area contributed by atoms with E-state index in [9.17, 15) is 17.6 Å². The molecule has 0 unspecified atom stereocenters. The summed E-state index contributed by atoms with van der Waals surface area (Å²) in [7, 11) is -3.48. The van der Waals surface area contributed by atoms with Crippen molar-refractivity contribution in [1.82, 2.24) is 14.3 Å². The molecule has 0 atom stereocenters. The zero-order valence-corrected chi connectivity index (χ0v) is 15.7. The fourth-order valence-electron chi connectivity index (χ4n) is 2.73. The third-order valence-corrected chi connectivity index (χ3v) is 5.56. The molecule has 27 heavy (non-hydrogen) atoms. The van der Waals surface area contributed by atoms with Crippen molar-refractivity contribution in [3.05, 3.63) is 70.5 Å². The van der Waals surface area contributed by atoms with Crippen LogP contribution in [0.1, 0.15) is 25.6 Å². The highest BCUT2D eigenvalue weighted by Gasteiger charge is 2.16. The summed E-state index contributed by atoms with van der Waals surface area (Å²) in [6.07, 6.45) is 1.31. The number of halogens is 1. The molecular weight excluding hydrogens is 369 g/mol. The maximum absolute atomic E-state index is 13.3. The number of aromatic nitrogens is 2. The molecule has 2 aromatic carbocycles. The van der Waals surface area contributed by atoms with Gasteiger partial charge in [-0.2, -0.15) is 0 Å². The van der Waals surface area contributed by atoms with E-state index in [1.165, 1.54) is 28.8 Å². The summed E-state index contributed by atoms with van der Waals surface area (Å²) in [6, 6.07) is 12.2. The van der Waals surface area contributed by atoms with E-state index in [1.807, 2.05) is 6.92 Å². The van der Waals surface area contributed by atoms with Crippen molar-refractivity contribution in [3.63, 3.8) is 0 Å². The normalized spacial score (nSPS) is 11.8. The monoisotopic (exact) mass is 389 g/mol. The fraction of sp³-hybridized carbons (Fsp3) is 0.263. The number of rotatable bonds is 7. The first-order chi connectivity index (χ1) is 12.9. The van der Waals surface area contributed by atoms with Crippen LogP contribution in [0.25, 0.3) is 16.6 Å². The van der Waals surface area contributed by atoms with Crippen LogP contribution in [0.2, 0.25) is 0 Å². The summed E-state index contributed by atoms with van der Waals surface area (Å²) in [5.41, 5.74) is 0.556. The van der Waals surface area contributed by atoms with Crippen LogP contribution < -0.4 is 10.3 Å². The molecule has 0 aliphatic carbocycles. The highest BCUT2D eigenvalue weighted by molar-refractivity contribution is 7.89. The van der Waals surface area contributed by atoms with Crippen molar-refractivity contribution in [1.29, 1.82) is 0 Å². The Hall–Kier alpha value is -2.58. The average molecular weight is 389 g/mol. The van der Waals surface area contributed by atoms with Gasteiger partial charge in [0.25, 0.3) is 5.56 Å². The number of nitrogens with zero attached hydrogens (tertiary/aromatic N) is 2. The van der Waals surface area contributed by atoms with Gasteiger partial charge in [0.05, 0.1) is 28.9 Å². The Kier molecular flexibility index (Phi) is 5.67. The minimum atomic E-state index is -3.48. The van der Waals surface area contributed by atoms with E-state index in [0.717, 1.165) is 6.42 Å². The topological polar surface area (TPSA) is 81.1 Å². The lowest BCUT2D eigenvalue weighted by Gasteiger charge is -2.14. The van der Waals surface area contributed by atoms with Gasteiger partial charge in [0.1, 0.15) is 11.6 Å².